The summed E-state index contributed by atoms with van der Waals surface area (Å²) in [5.74, 6) is -1.32. The molecule has 0 bridgehead atoms. The van der Waals surface area contributed by atoms with Crippen molar-refractivity contribution in [1.82, 2.24) is 24.5 Å². The van der Waals surface area contributed by atoms with Crippen molar-refractivity contribution in [1.29, 1.82) is 0 Å². The number of nitrogens with zero attached hydrogens (tertiary/aromatic N) is 4. The van der Waals surface area contributed by atoms with E-state index in [9.17, 15) is 31.1 Å². The first-order valence-electron chi connectivity index (χ1n) is 12.2. The van der Waals surface area contributed by atoms with Gasteiger partial charge in [0.1, 0.15) is 11.4 Å². The lowest BCUT2D eigenvalue weighted by atomic mass is 10.1. The molecule has 15 heteroatoms. The zero-order valence-corrected chi connectivity index (χ0v) is 22.3. The number of alkyl halides is 3. The van der Waals surface area contributed by atoms with E-state index in [1.54, 1.807) is 0 Å². The first-order valence-corrected chi connectivity index (χ1v) is 13.6. The van der Waals surface area contributed by atoms with Gasteiger partial charge >= 0.3 is 6.18 Å². The fourth-order valence-electron chi connectivity index (χ4n) is 3.64. The lowest BCUT2D eigenvalue weighted by Gasteiger charge is -2.16. The van der Waals surface area contributed by atoms with E-state index in [2.05, 4.69) is 25.1 Å². The third kappa shape index (κ3) is 8.68. The molecule has 0 aliphatic rings. The Morgan fingerprint density at radius 1 is 1.10 bits per heavy atom. The van der Waals surface area contributed by atoms with Crippen LogP contribution in [0.5, 0.6) is 0 Å². The second-order valence-corrected chi connectivity index (χ2v) is 11.3. The van der Waals surface area contributed by atoms with Crippen LogP contribution in [0.3, 0.4) is 0 Å². The van der Waals surface area contributed by atoms with E-state index in [0.29, 0.717) is 19.2 Å². The molecule has 0 saturated heterocycles. The topological polar surface area (TPSA) is 148 Å². The third-order valence-corrected chi connectivity index (χ3v) is 6.93. The highest BCUT2D eigenvalue weighted by molar-refractivity contribution is 7.89. The molecule has 0 amide bonds. The van der Waals surface area contributed by atoms with Gasteiger partial charge in [-0.2, -0.15) is 18.3 Å². The molecule has 0 aliphatic carbocycles. The van der Waals surface area contributed by atoms with E-state index in [-0.39, 0.29) is 35.2 Å². The van der Waals surface area contributed by atoms with Gasteiger partial charge in [-0.3, -0.25) is 4.68 Å². The number of nitrogens with one attached hydrogen (secondary N) is 2. The summed E-state index contributed by atoms with van der Waals surface area (Å²) in [7, 11) is -3.97. The molecule has 214 valence electrons. The van der Waals surface area contributed by atoms with Gasteiger partial charge in [0.15, 0.2) is 0 Å². The first kappa shape index (κ1) is 30.4. The summed E-state index contributed by atoms with van der Waals surface area (Å²) < 4.78 is 84.5. The Morgan fingerprint density at radius 2 is 1.82 bits per heavy atom. The number of aromatic nitrogens is 4. The van der Waals surface area contributed by atoms with Crippen LogP contribution in [0.15, 0.2) is 41.7 Å². The van der Waals surface area contributed by atoms with Crippen LogP contribution in [0.25, 0.3) is 11.3 Å². The number of hydrogen-bond donors (Lipinski definition) is 4. The highest BCUT2D eigenvalue weighted by Crippen LogP contribution is 2.36. The monoisotopic (exact) mass is 573 g/mol. The number of anilines is 2. The van der Waals surface area contributed by atoms with Crippen molar-refractivity contribution < 1.29 is 31.1 Å². The molecule has 5 N–H and O–H groups in total. The van der Waals surface area contributed by atoms with Crippen LogP contribution < -0.4 is 15.8 Å². The van der Waals surface area contributed by atoms with Crippen molar-refractivity contribution in [2.75, 3.05) is 18.4 Å². The highest BCUT2D eigenvalue weighted by atomic mass is 32.2. The van der Waals surface area contributed by atoms with Crippen LogP contribution in [-0.4, -0.2) is 52.0 Å². The molecule has 0 aliphatic heterocycles. The van der Waals surface area contributed by atoms with E-state index in [1.165, 1.54) is 30.9 Å². The Morgan fingerprint density at radius 3 is 2.46 bits per heavy atom. The summed E-state index contributed by atoms with van der Waals surface area (Å²) in [6.45, 7) is 3.82. The van der Waals surface area contributed by atoms with E-state index in [4.69, 9.17) is 5.73 Å². The number of unbranched alkanes of at least 4 members (excludes halogenated alkanes) is 3. The van der Waals surface area contributed by atoms with Gasteiger partial charge in [-0.15, -0.1) is 0 Å². The molecule has 0 saturated carbocycles. The predicted molar refractivity (Wildman–Crippen MR) is 137 cm³/mol. The van der Waals surface area contributed by atoms with Crippen molar-refractivity contribution in [2.24, 2.45) is 5.73 Å². The quantitative estimate of drug-likeness (QED) is 0.178. The zero-order chi connectivity index (χ0) is 28.8. The van der Waals surface area contributed by atoms with Crippen LogP contribution in [0.1, 0.15) is 45.1 Å². The normalized spacial score (nSPS) is 12.6. The molecule has 39 heavy (non-hydrogen) atoms. The summed E-state index contributed by atoms with van der Waals surface area (Å²) in [4.78, 5) is 7.29. The fraction of sp³-hybridized carbons (Fsp3) is 0.458. The van der Waals surface area contributed by atoms with E-state index in [1.807, 2.05) is 0 Å². The molecule has 0 spiro atoms. The molecular formula is C24H31F4N7O3S. The molecule has 0 fully saturated rings. The second-order valence-electron chi connectivity index (χ2n) is 9.56. The number of halogens is 4. The number of nitrogens with two attached hydrogens (primary N) is 1. The summed E-state index contributed by atoms with van der Waals surface area (Å²) in [6.07, 6.45) is 1.37. The van der Waals surface area contributed by atoms with Crippen molar-refractivity contribution >= 4 is 21.7 Å². The summed E-state index contributed by atoms with van der Waals surface area (Å²) in [6, 6.07) is 3.09. The lowest BCUT2D eigenvalue weighted by molar-refractivity contribution is -0.137. The Bertz CT molecular complexity index is 1370. The lowest BCUT2D eigenvalue weighted by Crippen LogP contribution is -2.26. The van der Waals surface area contributed by atoms with Gasteiger partial charge in [0.25, 0.3) is 0 Å². The minimum Gasteiger partial charge on any atom is -0.389 e. The van der Waals surface area contributed by atoms with Gasteiger partial charge in [-0.25, -0.2) is 27.5 Å². The molecule has 3 aromatic rings. The smallest absolute Gasteiger partial charge is 0.389 e. The molecule has 0 radical (unpaired) electrons. The molecule has 0 atom stereocenters. The van der Waals surface area contributed by atoms with Gasteiger partial charge in [-0.05, 0) is 51.4 Å². The van der Waals surface area contributed by atoms with Gasteiger partial charge in [0.2, 0.25) is 16.0 Å². The Balaban J connectivity index is 1.81. The standard InChI is InChI=1S/C24H31F4N7O3S/c1-23(2,36)15-35-14-16(12-31-35)21-18(24(26,27)28)13-30-22(34-21)33-20-8-7-17(11-19(20)25)39(37,38)32-10-6-4-3-5-9-29/h7-8,11-14,32,36H,3-6,9-10,15,29H2,1-2H3,(H,30,33,34). The average molecular weight is 574 g/mol. The summed E-state index contributed by atoms with van der Waals surface area (Å²) in [5, 5.41) is 16.4. The SMILES string of the molecule is CC(C)(O)Cn1cc(-c2nc(Nc3ccc(S(=O)(=O)NCCCCCCN)cc3F)ncc2C(F)(F)F)cn1. The average Bonchev–Trinajstić information content (AvgIpc) is 3.28. The number of benzene rings is 1. The summed E-state index contributed by atoms with van der Waals surface area (Å²) in [5.41, 5.74) is 2.40. The molecular weight excluding hydrogens is 542 g/mol. The van der Waals surface area contributed by atoms with Crippen LogP contribution >= 0.6 is 0 Å². The molecule has 2 aromatic heterocycles. The Hall–Kier alpha value is -3.14. The molecule has 1 aromatic carbocycles. The minimum absolute atomic E-state index is 0.00744. The number of rotatable bonds is 13. The molecule has 2 heterocycles. The van der Waals surface area contributed by atoms with Gasteiger partial charge in [0.05, 0.1) is 34.6 Å². The van der Waals surface area contributed by atoms with Crippen molar-refractivity contribution in [2.45, 2.75) is 62.7 Å². The first-order chi connectivity index (χ1) is 18.2. The maximum atomic E-state index is 14.8. The van der Waals surface area contributed by atoms with Gasteiger partial charge < -0.3 is 16.2 Å². The van der Waals surface area contributed by atoms with Crippen LogP contribution in [0.4, 0.5) is 29.2 Å². The van der Waals surface area contributed by atoms with Crippen molar-refractivity contribution in [3.63, 3.8) is 0 Å². The molecule has 3 rings (SSSR count). The molecule has 0 unspecified atom stereocenters. The maximum Gasteiger partial charge on any atom is 0.419 e. The fourth-order valence-corrected chi connectivity index (χ4v) is 4.72. The van der Waals surface area contributed by atoms with Crippen molar-refractivity contribution in [3.8, 4) is 11.3 Å². The van der Waals surface area contributed by atoms with Crippen LogP contribution in [0, 0.1) is 5.82 Å². The number of sulfonamides is 1. The second kappa shape index (κ2) is 12.4. The van der Waals surface area contributed by atoms with Gasteiger partial charge in [0, 0.05) is 24.5 Å². The largest absolute Gasteiger partial charge is 0.419 e. The Labute approximate surface area is 223 Å². The summed E-state index contributed by atoms with van der Waals surface area (Å²) >= 11 is 0. The van der Waals surface area contributed by atoms with Crippen LogP contribution in [-0.2, 0) is 22.7 Å². The zero-order valence-electron chi connectivity index (χ0n) is 21.5. The minimum atomic E-state index is -4.79. The van der Waals surface area contributed by atoms with E-state index >= 15 is 0 Å². The maximum absolute atomic E-state index is 14.8. The predicted octanol–water partition coefficient (Wildman–Crippen LogP) is 3.81. The molecule has 10 nitrogen and oxygen atoms in total. The number of aliphatic hydroxyl groups is 1. The number of hydrogen-bond acceptors (Lipinski definition) is 8. The van der Waals surface area contributed by atoms with Crippen LogP contribution in [0.2, 0.25) is 0 Å². The van der Waals surface area contributed by atoms with E-state index < -0.39 is 38.9 Å². The highest BCUT2D eigenvalue weighted by Gasteiger charge is 2.36. The Kier molecular flexibility index (Phi) is 9.64. The van der Waals surface area contributed by atoms with Crippen molar-refractivity contribution in [3.05, 3.63) is 48.2 Å². The third-order valence-electron chi connectivity index (χ3n) is 5.47. The van der Waals surface area contributed by atoms with Gasteiger partial charge in [-0.1, -0.05) is 12.8 Å². The van der Waals surface area contributed by atoms with E-state index in [0.717, 1.165) is 37.5 Å².